The molecule has 7 heteroatoms. The Morgan fingerprint density at radius 1 is 1.27 bits per heavy atom. The van der Waals surface area contributed by atoms with Gasteiger partial charge in [-0.2, -0.15) is 0 Å². The summed E-state index contributed by atoms with van der Waals surface area (Å²) in [5, 5.41) is 9.57. The van der Waals surface area contributed by atoms with Gasteiger partial charge in [0.05, 0.1) is 6.04 Å². The van der Waals surface area contributed by atoms with Crippen LogP contribution in [0.1, 0.15) is 36.8 Å². The highest BCUT2D eigenvalue weighted by Crippen LogP contribution is 2.18. The first-order valence-corrected chi connectivity index (χ1v) is 9.38. The Balaban J connectivity index is 1.69. The molecule has 0 spiro atoms. The van der Waals surface area contributed by atoms with Crippen LogP contribution in [-0.4, -0.2) is 27.7 Å². The molecule has 1 unspecified atom stereocenters. The molecule has 0 aliphatic rings. The van der Waals surface area contributed by atoms with E-state index in [-0.39, 0.29) is 23.7 Å². The van der Waals surface area contributed by atoms with Gasteiger partial charge in [0.2, 0.25) is 5.91 Å². The minimum absolute atomic E-state index is 0.0477. The minimum Gasteiger partial charge on any atom is -0.357 e. The van der Waals surface area contributed by atoms with Crippen molar-refractivity contribution in [2.75, 3.05) is 5.32 Å². The van der Waals surface area contributed by atoms with Crippen LogP contribution in [0.4, 0.5) is 5.13 Å². The van der Waals surface area contributed by atoms with Gasteiger partial charge in [0, 0.05) is 40.3 Å². The van der Waals surface area contributed by atoms with E-state index in [2.05, 4.69) is 20.6 Å². The highest BCUT2D eigenvalue weighted by atomic mass is 32.1. The molecule has 2 heterocycles. The lowest BCUT2D eigenvalue weighted by Gasteiger charge is -2.20. The van der Waals surface area contributed by atoms with Gasteiger partial charge in [0.1, 0.15) is 0 Å². The number of nitrogens with one attached hydrogen (secondary N) is 3. The number of anilines is 1. The fraction of sp³-hybridized carbons (Fsp3) is 0.316. The molecule has 1 amide bonds. The van der Waals surface area contributed by atoms with Crippen molar-refractivity contribution in [3.05, 3.63) is 47.1 Å². The normalized spacial score (nSPS) is 12.5. The number of amides is 1. The number of ketones is 1. The van der Waals surface area contributed by atoms with E-state index in [1.54, 1.807) is 13.1 Å². The zero-order valence-electron chi connectivity index (χ0n) is 15.0. The third-order valence-corrected chi connectivity index (χ3v) is 4.90. The Morgan fingerprint density at radius 2 is 2.08 bits per heavy atom. The van der Waals surface area contributed by atoms with Gasteiger partial charge in [-0.3, -0.25) is 9.59 Å². The van der Waals surface area contributed by atoms with E-state index in [0.29, 0.717) is 17.2 Å². The number of H-pyrrole nitrogens is 1. The molecule has 0 aliphatic heterocycles. The van der Waals surface area contributed by atoms with Crippen LogP contribution in [0.15, 0.2) is 35.8 Å². The number of aromatic amines is 1. The molecule has 2 aromatic heterocycles. The Kier molecular flexibility index (Phi) is 5.49. The van der Waals surface area contributed by atoms with Gasteiger partial charge in [-0.25, -0.2) is 4.98 Å². The molecule has 1 atom stereocenters. The van der Waals surface area contributed by atoms with E-state index in [4.69, 9.17) is 0 Å². The minimum atomic E-state index is -0.335. The Labute approximate surface area is 156 Å². The van der Waals surface area contributed by atoms with Crippen LogP contribution in [-0.2, 0) is 11.3 Å². The smallest absolute Gasteiger partial charge is 0.243 e. The third-order valence-electron chi connectivity index (χ3n) is 4.21. The molecule has 26 heavy (non-hydrogen) atoms. The molecular formula is C19H22N4O2S. The van der Waals surface area contributed by atoms with Crippen molar-refractivity contribution in [1.82, 2.24) is 15.3 Å². The predicted octanol–water partition coefficient (Wildman–Crippen LogP) is 3.58. The van der Waals surface area contributed by atoms with E-state index >= 15 is 0 Å². The van der Waals surface area contributed by atoms with E-state index < -0.39 is 0 Å². The van der Waals surface area contributed by atoms with Gasteiger partial charge in [0.25, 0.3) is 0 Å². The van der Waals surface area contributed by atoms with Crippen LogP contribution in [0.3, 0.4) is 0 Å². The van der Waals surface area contributed by atoms with Gasteiger partial charge in [-0.05, 0) is 37.1 Å². The van der Waals surface area contributed by atoms with E-state index in [1.165, 1.54) is 11.3 Å². The molecule has 6 nitrogen and oxygen atoms in total. The highest BCUT2D eigenvalue weighted by Gasteiger charge is 2.22. The lowest BCUT2D eigenvalue weighted by atomic mass is 10.0. The van der Waals surface area contributed by atoms with E-state index in [0.717, 1.165) is 16.6 Å². The van der Waals surface area contributed by atoms with Gasteiger partial charge >= 0.3 is 0 Å². The van der Waals surface area contributed by atoms with Crippen molar-refractivity contribution < 1.29 is 9.59 Å². The standard InChI is InChI=1S/C19H22N4O2S/c1-11(2)17(18(25)23-19-20-6-7-26-19)21-10-15-9-14-8-13(12(3)24)4-5-16(14)22-15/h4-9,11,17,21-22H,10H2,1-3H3,(H,20,23,25). The molecular weight excluding hydrogens is 348 g/mol. The molecule has 3 aromatic rings. The number of aromatic nitrogens is 2. The summed E-state index contributed by atoms with van der Waals surface area (Å²) in [5.41, 5.74) is 2.63. The summed E-state index contributed by atoms with van der Waals surface area (Å²) in [7, 11) is 0. The Bertz CT molecular complexity index is 915. The molecule has 0 fully saturated rings. The van der Waals surface area contributed by atoms with Crippen molar-refractivity contribution in [1.29, 1.82) is 0 Å². The van der Waals surface area contributed by atoms with Crippen LogP contribution in [0.25, 0.3) is 10.9 Å². The monoisotopic (exact) mass is 370 g/mol. The summed E-state index contributed by atoms with van der Waals surface area (Å²) in [6, 6.07) is 7.28. The number of thiazole rings is 1. The van der Waals surface area contributed by atoms with Crippen LogP contribution >= 0.6 is 11.3 Å². The zero-order valence-corrected chi connectivity index (χ0v) is 15.8. The number of Topliss-reactive ketones (excluding diaryl/α,β-unsaturated/α-hetero) is 1. The van der Waals surface area contributed by atoms with Crippen molar-refractivity contribution in [2.45, 2.75) is 33.4 Å². The summed E-state index contributed by atoms with van der Waals surface area (Å²) in [5.74, 6) is 0.0834. The Morgan fingerprint density at radius 3 is 2.73 bits per heavy atom. The topological polar surface area (TPSA) is 86.9 Å². The first kappa shape index (κ1) is 18.3. The lowest BCUT2D eigenvalue weighted by Crippen LogP contribution is -2.43. The number of nitrogens with zero attached hydrogens (tertiary/aromatic N) is 1. The van der Waals surface area contributed by atoms with Crippen molar-refractivity contribution in [3.8, 4) is 0 Å². The number of carbonyl (C=O) groups is 2. The van der Waals surface area contributed by atoms with Crippen LogP contribution in [0.2, 0.25) is 0 Å². The zero-order chi connectivity index (χ0) is 18.7. The van der Waals surface area contributed by atoms with Gasteiger partial charge in [0.15, 0.2) is 10.9 Å². The number of fused-ring (bicyclic) bond motifs is 1. The SMILES string of the molecule is CC(=O)c1ccc2[nH]c(CNC(C(=O)Nc3nccs3)C(C)C)cc2c1. The average molecular weight is 370 g/mol. The molecule has 1 aromatic carbocycles. The highest BCUT2D eigenvalue weighted by molar-refractivity contribution is 7.13. The first-order valence-electron chi connectivity index (χ1n) is 8.50. The van der Waals surface area contributed by atoms with Crippen molar-refractivity contribution >= 4 is 39.1 Å². The molecule has 0 saturated carbocycles. The van der Waals surface area contributed by atoms with Gasteiger partial charge < -0.3 is 15.6 Å². The molecule has 0 bridgehead atoms. The molecule has 136 valence electrons. The summed E-state index contributed by atoms with van der Waals surface area (Å²) in [6.45, 7) is 6.09. The largest absolute Gasteiger partial charge is 0.357 e. The van der Waals surface area contributed by atoms with E-state index in [9.17, 15) is 9.59 Å². The van der Waals surface area contributed by atoms with Crippen molar-refractivity contribution in [2.24, 2.45) is 5.92 Å². The van der Waals surface area contributed by atoms with Crippen LogP contribution in [0.5, 0.6) is 0 Å². The van der Waals surface area contributed by atoms with Gasteiger partial charge in [-0.15, -0.1) is 11.3 Å². The summed E-state index contributed by atoms with van der Waals surface area (Å²) in [4.78, 5) is 31.4. The number of hydrogen-bond donors (Lipinski definition) is 3. The average Bonchev–Trinajstić information content (AvgIpc) is 3.22. The Hall–Kier alpha value is -2.51. The summed E-state index contributed by atoms with van der Waals surface area (Å²) >= 11 is 1.40. The number of benzene rings is 1. The number of carbonyl (C=O) groups excluding carboxylic acids is 2. The second kappa shape index (κ2) is 7.80. The fourth-order valence-electron chi connectivity index (χ4n) is 2.83. The first-order chi connectivity index (χ1) is 12.4. The third kappa shape index (κ3) is 4.17. The molecule has 0 radical (unpaired) electrons. The molecule has 3 N–H and O–H groups in total. The molecule has 0 aliphatic carbocycles. The quantitative estimate of drug-likeness (QED) is 0.555. The number of rotatable bonds is 7. The van der Waals surface area contributed by atoms with Crippen molar-refractivity contribution in [3.63, 3.8) is 0 Å². The van der Waals surface area contributed by atoms with Crippen LogP contribution < -0.4 is 10.6 Å². The second-order valence-electron chi connectivity index (χ2n) is 6.58. The maximum absolute atomic E-state index is 12.5. The van der Waals surface area contributed by atoms with Gasteiger partial charge in [-0.1, -0.05) is 13.8 Å². The number of hydrogen-bond acceptors (Lipinski definition) is 5. The summed E-state index contributed by atoms with van der Waals surface area (Å²) in [6.07, 6.45) is 1.66. The molecule has 3 rings (SSSR count). The fourth-order valence-corrected chi connectivity index (χ4v) is 3.36. The maximum atomic E-state index is 12.5. The predicted molar refractivity (Wildman–Crippen MR) is 105 cm³/mol. The van der Waals surface area contributed by atoms with Crippen LogP contribution in [0, 0.1) is 5.92 Å². The molecule has 0 saturated heterocycles. The second-order valence-corrected chi connectivity index (χ2v) is 7.48. The van der Waals surface area contributed by atoms with E-state index in [1.807, 2.05) is 43.5 Å². The lowest BCUT2D eigenvalue weighted by molar-refractivity contribution is -0.119. The maximum Gasteiger partial charge on any atom is 0.243 e. The summed E-state index contributed by atoms with van der Waals surface area (Å²) < 4.78 is 0.